The Morgan fingerprint density at radius 1 is 1.16 bits per heavy atom. The first-order chi connectivity index (χ1) is 18.2. The third-order valence-electron chi connectivity index (χ3n) is 8.19. The molecule has 200 valence electrons. The Morgan fingerprint density at radius 2 is 1.84 bits per heavy atom. The second-order valence-electron chi connectivity index (χ2n) is 10.2. The molecule has 2 N–H and O–H groups in total. The summed E-state index contributed by atoms with van der Waals surface area (Å²) in [4.78, 5) is 14.3. The summed E-state index contributed by atoms with van der Waals surface area (Å²) in [6.07, 6.45) is 2.82. The topological polar surface area (TPSA) is 123 Å². The van der Waals surface area contributed by atoms with Gasteiger partial charge in [-0.05, 0) is 55.0 Å². The summed E-state index contributed by atoms with van der Waals surface area (Å²) in [6, 6.07) is 9.25. The summed E-state index contributed by atoms with van der Waals surface area (Å²) in [5.41, 5.74) is 4.23. The predicted molar refractivity (Wildman–Crippen MR) is 142 cm³/mol. The molecule has 0 radical (unpaired) electrons. The number of rotatable bonds is 7. The van der Waals surface area contributed by atoms with Crippen molar-refractivity contribution >= 4 is 27.4 Å². The smallest absolute Gasteiger partial charge is 0.270 e. The molecule has 2 aromatic carbocycles. The standard InChI is InChI=1S/C27H30N4O6S/c1-15-13-27(15)14-19-23(18-12-17(6-7-20(18)27)31-8-5-9-31)37-29-25(19)30-38(33,34)24-21(35-3)10-16(26(32)28-2)11-22(24)36-4/h6-7,10-12,15H,5,8-9,13-14H2,1-4H3,(H,28,32)(H,29,30). The lowest BCUT2D eigenvalue weighted by molar-refractivity contribution is 0.0962. The van der Waals surface area contributed by atoms with E-state index in [4.69, 9.17) is 14.0 Å². The lowest BCUT2D eigenvalue weighted by Crippen LogP contribution is -2.37. The lowest BCUT2D eigenvalue weighted by Gasteiger charge is -2.34. The molecule has 1 spiro atoms. The van der Waals surface area contributed by atoms with E-state index >= 15 is 0 Å². The van der Waals surface area contributed by atoms with E-state index in [1.54, 1.807) is 0 Å². The fourth-order valence-corrected chi connectivity index (χ4v) is 7.14. The monoisotopic (exact) mass is 538 g/mol. The van der Waals surface area contributed by atoms with Crippen molar-refractivity contribution in [3.63, 3.8) is 0 Å². The molecule has 10 nitrogen and oxygen atoms in total. The van der Waals surface area contributed by atoms with E-state index in [9.17, 15) is 13.2 Å². The Kier molecular flexibility index (Phi) is 5.60. The van der Waals surface area contributed by atoms with Gasteiger partial charge in [0.2, 0.25) is 0 Å². The van der Waals surface area contributed by atoms with Crippen LogP contribution in [0.1, 0.15) is 41.3 Å². The minimum atomic E-state index is -4.24. The Bertz CT molecular complexity index is 1540. The third kappa shape index (κ3) is 3.63. The summed E-state index contributed by atoms with van der Waals surface area (Å²) >= 11 is 0. The van der Waals surface area contributed by atoms with Gasteiger partial charge in [-0.1, -0.05) is 18.1 Å². The number of nitrogens with zero attached hydrogens (tertiary/aromatic N) is 2. The molecule has 6 rings (SSSR count). The van der Waals surface area contributed by atoms with Crippen LogP contribution in [0.5, 0.6) is 11.5 Å². The van der Waals surface area contributed by atoms with E-state index in [1.165, 1.54) is 45.4 Å². The molecule has 1 aromatic heterocycles. The van der Waals surface area contributed by atoms with Crippen LogP contribution in [0.4, 0.5) is 11.5 Å². The molecule has 3 aromatic rings. The molecule has 38 heavy (non-hydrogen) atoms. The molecule has 1 amide bonds. The minimum Gasteiger partial charge on any atom is -0.495 e. The number of anilines is 2. The molecule has 1 saturated heterocycles. The molecule has 2 heterocycles. The normalized spacial score (nSPS) is 21.3. The maximum absolute atomic E-state index is 13.7. The van der Waals surface area contributed by atoms with E-state index in [-0.39, 0.29) is 33.2 Å². The highest BCUT2D eigenvalue weighted by Gasteiger charge is 2.56. The van der Waals surface area contributed by atoms with E-state index in [0.717, 1.165) is 36.3 Å². The van der Waals surface area contributed by atoms with Crippen molar-refractivity contribution in [3.8, 4) is 22.8 Å². The Labute approximate surface area is 221 Å². The maximum Gasteiger partial charge on any atom is 0.270 e. The van der Waals surface area contributed by atoms with Crippen molar-refractivity contribution in [1.82, 2.24) is 10.5 Å². The van der Waals surface area contributed by atoms with Gasteiger partial charge in [0, 0.05) is 47.9 Å². The van der Waals surface area contributed by atoms with E-state index in [1.807, 2.05) is 0 Å². The van der Waals surface area contributed by atoms with Crippen LogP contribution < -0.4 is 24.4 Å². The SMILES string of the molecule is CNC(=O)c1cc(OC)c(S(=O)(=O)Nc2noc3c2CC2(CC2C)c2ccc(N4CCC4)cc2-3)c(OC)c1. The van der Waals surface area contributed by atoms with E-state index < -0.39 is 15.9 Å². The van der Waals surface area contributed by atoms with Gasteiger partial charge in [-0.3, -0.25) is 9.52 Å². The molecule has 2 unspecified atom stereocenters. The molecule has 1 saturated carbocycles. The average Bonchev–Trinajstić information content (AvgIpc) is 3.35. The molecule has 2 atom stereocenters. The van der Waals surface area contributed by atoms with Gasteiger partial charge in [0.1, 0.15) is 11.5 Å². The van der Waals surface area contributed by atoms with Gasteiger partial charge in [0.15, 0.2) is 16.5 Å². The van der Waals surface area contributed by atoms with Crippen LogP contribution in [0.15, 0.2) is 39.8 Å². The number of aromatic nitrogens is 1. The van der Waals surface area contributed by atoms with Crippen LogP contribution in [0.2, 0.25) is 0 Å². The molecule has 2 fully saturated rings. The number of nitrogens with one attached hydrogen (secondary N) is 2. The number of ether oxygens (including phenoxy) is 2. The van der Waals surface area contributed by atoms with Crippen LogP contribution >= 0.6 is 0 Å². The lowest BCUT2D eigenvalue weighted by atomic mass is 9.77. The highest BCUT2D eigenvalue weighted by Crippen LogP contribution is 2.62. The van der Waals surface area contributed by atoms with Crippen molar-refractivity contribution in [3.05, 3.63) is 47.0 Å². The Morgan fingerprint density at radius 3 is 2.39 bits per heavy atom. The van der Waals surface area contributed by atoms with Gasteiger partial charge in [-0.15, -0.1) is 0 Å². The summed E-state index contributed by atoms with van der Waals surface area (Å²) < 4.78 is 46.6. The zero-order valence-electron chi connectivity index (χ0n) is 21.8. The molecular weight excluding hydrogens is 508 g/mol. The molecular formula is C27H30N4O6S. The Balaban J connectivity index is 1.42. The van der Waals surface area contributed by atoms with E-state index in [0.29, 0.717) is 18.1 Å². The van der Waals surface area contributed by atoms with Crippen molar-refractivity contribution in [1.29, 1.82) is 0 Å². The van der Waals surface area contributed by atoms with Crippen molar-refractivity contribution in [2.45, 2.75) is 36.5 Å². The minimum absolute atomic E-state index is 0.0235. The van der Waals surface area contributed by atoms with Crippen LogP contribution in [-0.4, -0.2) is 53.8 Å². The molecule has 0 bridgehead atoms. The van der Waals surface area contributed by atoms with Gasteiger partial charge < -0.3 is 24.2 Å². The highest BCUT2D eigenvalue weighted by atomic mass is 32.2. The summed E-state index contributed by atoms with van der Waals surface area (Å²) in [6.45, 7) is 4.27. The molecule has 1 aliphatic heterocycles. The van der Waals surface area contributed by atoms with Crippen molar-refractivity contribution in [2.24, 2.45) is 5.92 Å². The Hall–Kier alpha value is -3.73. The number of amides is 1. The number of carbonyl (C=O) groups is 1. The third-order valence-corrected chi connectivity index (χ3v) is 9.59. The van der Waals surface area contributed by atoms with Gasteiger partial charge >= 0.3 is 0 Å². The molecule has 11 heteroatoms. The van der Waals surface area contributed by atoms with E-state index in [2.05, 4.69) is 45.2 Å². The average molecular weight is 539 g/mol. The summed E-state index contributed by atoms with van der Waals surface area (Å²) in [5.74, 6) is 0.760. The number of sulfonamides is 1. The largest absolute Gasteiger partial charge is 0.495 e. The van der Waals surface area contributed by atoms with Crippen LogP contribution in [-0.2, 0) is 21.9 Å². The van der Waals surface area contributed by atoms with Crippen molar-refractivity contribution < 1.29 is 27.2 Å². The van der Waals surface area contributed by atoms with Crippen LogP contribution in [0, 0.1) is 5.92 Å². The summed E-state index contributed by atoms with van der Waals surface area (Å²) in [7, 11) is -0.0774. The first-order valence-electron chi connectivity index (χ1n) is 12.6. The number of carbonyl (C=O) groups excluding carboxylic acids is 1. The van der Waals surface area contributed by atoms with Gasteiger partial charge in [0.05, 0.1) is 14.2 Å². The van der Waals surface area contributed by atoms with Gasteiger partial charge in [0.25, 0.3) is 15.9 Å². The molecule has 3 aliphatic rings. The quantitative estimate of drug-likeness (QED) is 0.468. The fraction of sp³-hybridized carbons (Fsp3) is 0.407. The predicted octanol–water partition coefficient (Wildman–Crippen LogP) is 3.56. The first kappa shape index (κ1) is 24.6. The second-order valence-corrected chi connectivity index (χ2v) is 11.9. The van der Waals surface area contributed by atoms with Crippen molar-refractivity contribution in [2.75, 3.05) is 44.0 Å². The number of benzene rings is 2. The number of hydrogen-bond acceptors (Lipinski definition) is 8. The van der Waals surface area contributed by atoms with Crippen LogP contribution in [0.25, 0.3) is 11.3 Å². The zero-order valence-corrected chi connectivity index (χ0v) is 22.6. The fourth-order valence-electron chi connectivity index (χ4n) is 5.81. The zero-order chi connectivity index (χ0) is 26.8. The summed E-state index contributed by atoms with van der Waals surface area (Å²) in [5, 5.41) is 6.70. The first-order valence-corrected chi connectivity index (χ1v) is 14.1. The van der Waals surface area contributed by atoms with Gasteiger partial charge in [-0.25, -0.2) is 8.42 Å². The maximum atomic E-state index is 13.7. The number of fused-ring (bicyclic) bond motifs is 4. The van der Waals surface area contributed by atoms with Gasteiger partial charge in [-0.2, -0.15) is 0 Å². The number of hydrogen-bond donors (Lipinski definition) is 2. The van der Waals surface area contributed by atoms with Crippen LogP contribution in [0.3, 0.4) is 0 Å². The highest BCUT2D eigenvalue weighted by molar-refractivity contribution is 7.93. The second kappa shape index (κ2) is 8.65. The molecule has 2 aliphatic carbocycles. The number of methoxy groups -OCH3 is 2.